The summed E-state index contributed by atoms with van der Waals surface area (Å²) in [4.78, 5) is 19.7. The number of hydrogen-bond acceptors (Lipinski definition) is 5. The number of imidazole rings is 1. The number of H-pyrrole nitrogens is 1. The number of aromatic nitrogens is 2. The van der Waals surface area contributed by atoms with E-state index in [1.165, 1.54) is 0 Å². The quantitative estimate of drug-likeness (QED) is 0.336. The molecule has 0 amide bonds. The molecule has 5 nitrogen and oxygen atoms in total. The van der Waals surface area contributed by atoms with E-state index in [2.05, 4.69) is 19.4 Å². The van der Waals surface area contributed by atoms with E-state index in [0.29, 0.717) is 5.16 Å². The van der Waals surface area contributed by atoms with Gasteiger partial charge in [0.25, 0.3) is 0 Å². The smallest absolute Gasteiger partial charge is 0.387 e. The van der Waals surface area contributed by atoms with Crippen molar-refractivity contribution in [2.24, 2.45) is 0 Å². The lowest BCUT2D eigenvalue weighted by Gasteiger charge is -2.12. The van der Waals surface area contributed by atoms with Gasteiger partial charge >= 0.3 is 13.2 Å². The molecule has 27 heavy (non-hydrogen) atoms. The molecule has 0 saturated carbocycles. The van der Waals surface area contributed by atoms with E-state index in [-0.39, 0.29) is 17.1 Å². The van der Waals surface area contributed by atoms with E-state index < -0.39 is 24.8 Å². The number of nitrogens with zero attached hydrogens (tertiary/aromatic N) is 1. The Hall–Kier alpha value is -2.75. The fraction of sp³-hybridized carbons (Fsp3) is 0.176. The number of carbonyl (C=O) groups excluding carboxylic acids is 1. The van der Waals surface area contributed by atoms with Crippen LogP contribution in [0.2, 0.25) is 0 Å². The third-order valence-electron chi connectivity index (χ3n) is 3.40. The van der Waals surface area contributed by atoms with Crippen LogP contribution in [0, 0.1) is 0 Å². The summed E-state index contributed by atoms with van der Waals surface area (Å²) in [6.45, 7) is -6.35. The molecule has 3 aromatic rings. The van der Waals surface area contributed by atoms with Gasteiger partial charge in [-0.25, -0.2) is 4.98 Å². The zero-order chi connectivity index (χ0) is 19.4. The van der Waals surface area contributed by atoms with E-state index in [0.717, 1.165) is 41.0 Å². The summed E-state index contributed by atoms with van der Waals surface area (Å²) in [5.41, 5.74) is 1.35. The molecule has 1 N–H and O–H groups in total. The molecule has 10 heteroatoms. The largest absolute Gasteiger partial charge is 0.435 e. The van der Waals surface area contributed by atoms with Gasteiger partial charge in [0.15, 0.2) is 10.9 Å². The highest BCUT2D eigenvalue weighted by molar-refractivity contribution is 7.99. The maximum atomic E-state index is 12.6. The monoisotopic (exact) mass is 400 g/mol. The lowest BCUT2D eigenvalue weighted by molar-refractivity contribution is -0.0544. The molecule has 0 spiro atoms. The van der Waals surface area contributed by atoms with Crippen molar-refractivity contribution in [2.75, 3.05) is 5.75 Å². The van der Waals surface area contributed by atoms with Gasteiger partial charge < -0.3 is 14.5 Å². The summed E-state index contributed by atoms with van der Waals surface area (Å²) < 4.78 is 58.1. The number of fused-ring (bicyclic) bond motifs is 1. The van der Waals surface area contributed by atoms with Crippen molar-refractivity contribution in [2.45, 2.75) is 18.4 Å². The Morgan fingerprint density at radius 3 is 2.52 bits per heavy atom. The third kappa shape index (κ3) is 4.91. The third-order valence-corrected chi connectivity index (χ3v) is 4.28. The van der Waals surface area contributed by atoms with Crippen LogP contribution in [0.25, 0.3) is 11.0 Å². The summed E-state index contributed by atoms with van der Waals surface area (Å²) in [6.07, 6.45) is 0. The summed E-state index contributed by atoms with van der Waals surface area (Å²) in [7, 11) is 0. The predicted molar refractivity (Wildman–Crippen MR) is 90.9 cm³/mol. The highest BCUT2D eigenvalue weighted by atomic mass is 32.2. The normalized spacial score (nSPS) is 11.3. The van der Waals surface area contributed by atoms with Gasteiger partial charge in [0, 0.05) is 6.07 Å². The van der Waals surface area contributed by atoms with E-state index in [4.69, 9.17) is 0 Å². The van der Waals surface area contributed by atoms with Crippen molar-refractivity contribution >= 4 is 28.6 Å². The van der Waals surface area contributed by atoms with Gasteiger partial charge in [0.05, 0.1) is 22.3 Å². The first-order valence-electron chi connectivity index (χ1n) is 7.57. The lowest BCUT2D eigenvalue weighted by atomic mass is 10.1. The number of Topliss-reactive ketones (excluding diaryl/α,β-unsaturated/α-hetero) is 1. The van der Waals surface area contributed by atoms with Crippen LogP contribution in [0.5, 0.6) is 11.5 Å². The SMILES string of the molecule is O=C(CSc1nc2ccccc2[nH]1)c1ccc(OC(F)F)cc1OC(F)F. The van der Waals surface area contributed by atoms with Crippen LogP contribution in [0.1, 0.15) is 10.4 Å². The number of thioether (sulfide) groups is 1. The average molecular weight is 400 g/mol. The molecular formula is C17H12F4N2O3S. The molecule has 1 aromatic heterocycles. The Morgan fingerprint density at radius 1 is 1.07 bits per heavy atom. The lowest BCUT2D eigenvalue weighted by Crippen LogP contribution is -2.11. The molecule has 0 atom stereocenters. The van der Waals surface area contributed by atoms with E-state index in [1.807, 2.05) is 18.2 Å². The molecule has 2 aromatic carbocycles. The van der Waals surface area contributed by atoms with Crippen molar-refractivity contribution in [3.63, 3.8) is 0 Å². The first-order valence-corrected chi connectivity index (χ1v) is 8.55. The molecule has 0 aliphatic heterocycles. The van der Waals surface area contributed by atoms with Gasteiger partial charge in [-0.2, -0.15) is 17.6 Å². The molecule has 0 fully saturated rings. The van der Waals surface area contributed by atoms with E-state index in [9.17, 15) is 22.4 Å². The molecule has 142 valence electrons. The second-order valence-electron chi connectivity index (χ2n) is 5.19. The van der Waals surface area contributed by atoms with Gasteiger partial charge in [0.2, 0.25) is 0 Å². The average Bonchev–Trinajstić information content (AvgIpc) is 3.02. The second-order valence-corrected chi connectivity index (χ2v) is 6.15. The number of aromatic amines is 1. The van der Waals surface area contributed by atoms with Gasteiger partial charge in [-0.3, -0.25) is 4.79 Å². The Labute approximate surface area is 154 Å². The molecular weight excluding hydrogens is 388 g/mol. The summed E-state index contributed by atoms with van der Waals surface area (Å²) in [6, 6.07) is 10.3. The van der Waals surface area contributed by atoms with E-state index in [1.54, 1.807) is 6.07 Å². The summed E-state index contributed by atoms with van der Waals surface area (Å²) in [5, 5.41) is 0.485. The molecule has 0 aliphatic rings. The minimum absolute atomic E-state index is 0.117. The maximum absolute atomic E-state index is 12.6. The molecule has 1 heterocycles. The summed E-state index contributed by atoms with van der Waals surface area (Å²) >= 11 is 1.08. The van der Waals surface area contributed by atoms with E-state index >= 15 is 0 Å². The number of nitrogens with one attached hydrogen (secondary N) is 1. The first kappa shape index (κ1) is 19.0. The summed E-state index contributed by atoms with van der Waals surface area (Å²) in [5.74, 6) is -1.56. The number of hydrogen-bond donors (Lipinski definition) is 1. The fourth-order valence-corrected chi connectivity index (χ4v) is 3.08. The molecule has 3 rings (SSSR count). The number of alkyl halides is 4. The van der Waals surface area contributed by atoms with Crippen LogP contribution < -0.4 is 9.47 Å². The number of ketones is 1. The maximum Gasteiger partial charge on any atom is 0.387 e. The van der Waals surface area contributed by atoms with Crippen molar-refractivity contribution in [1.82, 2.24) is 9.97 Å². The van der Waals surface area contributed by atoms with Crippen molar-refractivity contribution in [3.05, 3.63) is 48.0 Å². The minimum atomic E-state index is -3.22. The van der Waals surface area contributed by atoms with Gasteiger partial charge in [-0.15, -0.1) is 0 Å². The molecule has 0 radical (unpaired) electrons. The van der Waals surface area contributed by atoms with Crippen LogP contribution in [0.15, 0.2) is 47.6 Å². The van der Waals surface area contributed by atoms with Gasteiger partial charge in [-0.1, -0.05) is 23.9 Å². The Bertz CT molecular complexity index is 916. The zero-order valence-corrected chi connectivity index (χ0v) is 14.3. The Balaban J connectivity index is 1.75. The topological polar surface area (TPSA) is 64.2 Å². The fourth-order valence-electron chi connectivity index (χ4n) is 2.31. The molecule has 0 aliphatic carbocycles. The number of halogens is 4. The van der Waals surface area contributed by atoms with Crippen LogP contribution in [0.3, 0.4) is 0 Å². The minimum Gasteiger partial charge on any atom is -0.435 e. The molecule has 0 saturated heterocycles. The number of rotatable bonds is 8. The predicted octanol–water partition coefficient (Wildman–Crippen LogP) is 4.74. The van der Waals surface area contributed by atoms with Gasteiger partial charge in [0.1, 0.15) is 11.5 Å². The highest BCUT2D eigenvalue weighted by Gasteiger charge is 2.19. The van der Waals surface area contributed by atoms with Crippen molar-refractivity contribution < 1.29 is 31.8 Å². The van der Waals surface area contributed by atoms with Gasteiger partial charge in [-0.05, 0) is 24.3 Å². The Morgan fingerprint density at radius 2 is 1.81 bits per heavy atom. The van der Waals surface area contributed by atoms with Crippen LogP contribution >= 0.6 is 11.8 Å². The standard InChI is InChI=1S/C17H12F4N2O3S/c18-15(19)25-9-5-6-10(14(7-9)26-16(20)21)13(24)8-27-17-22-11-3-1-2-4-12(11)23-17/h1-7,15-16H,8H2,(H,22,23). The number of carbonyl (C=O) groups is 1. The van der Waals surface area contributed by atoms with Crippen LogP contribution in [0.4, 0.5) is 17.6 Å². The van der Waals surface area contributed by atoms with Crippen LogP contribution in [-0.2, 0) is 0 Å². The Kier molecular flexibility index (Phi) is 5.84. The first-order chi connectivity index (χ1) is 12.9. The highest BCUT2D eigenvalue weighted by Crippen LogP contribution is 2.29. The molecule has 0 bridgehead atoms. The zero-order valence-electron chi connectivity index (χ0n) is 13.5. The van der Waals surface area contributed by atoms with Crippen molar-refractivity contribution in [1.29, 1.82) is 0 Å². The second kappa shape index (κ2) is 8.30. The number of para-hydroxylation sites is 2. The van der Waals surface area contributed by atoms with Crippen molar-refractivity contribution in [3.8, 4) is 11.5 Å². The molecule has 0 unspecified atom stereocenters. The number of ether oxygens (including phenoxy) is 2. The van der Waals surface area contributed by atoms with Crippen LogP contribution in [-0.4, -0.2) is 34.7 Å². The number of benzene rings is 2.